The molecule has 0 aliphatic heterocycles. The van der Waals surface area contributed by atoms with Crippen LogP contribution in [0.15, 0.2) is 24.3 Å². The Morgan fingerprint density at radius 3 is 1.60 bits per heavy atom. The third-order valence-corrected chi connectivity index (χ3v) is 1.74. The van der Waals surface area contributed by atoms with E-state index in [0.717, 1.165) is 0 Å². The molecule has 0 saturated heterocycles. The first-order valence-electron chi connectivity index (χ1n) is 3.96. The maximum Gasteiger partial charge on any atom is 1.00 e. The third kappa shape index (κ3) is 3.34. The van der Waals surface area contributed by atoms with Crippen molar-refractivity contribution in [3.05, 3.63) is 35.4 Å². The van der Waals surface area contributed by atoms with Crippen molar-refractivity contribution >= 4 is 11.9 Å². The van der Waals surface area contributed by atoms with E-state index in [1.807, 2.05) is 0 Å². The first-order valence-corrected chi connectivity index (χ1v) is 3.96. The van der Waals surface area contributed by atoms with Crippen LogP contribution in [0.4, 0.5) is 0 Å². The fraction of sp³-hybridized carbons (Fsp3) is 0.200. The average molecular weight is 218 g/mol. The molecule has 0 fully saturated rings. The Labute approximate surface area is 111 Å². The van der Waals surface area contributed by atoms with Crippen LogP contribution in [0, 0.1) is 0 Å². The van der Waals surface area contributed by atoms with Crippen molar-refractivity contribution in [2.24, 2.45) is 0 Å². The zero-order valence-electron chi connectivity index (χ0n) is 9.94. The summed E-state index contributed by atoms with van der Waals surface area (Å²) in [6.07, 6.45) is 0. The predicted octanol–water partition coefficient (Wildman–Crippen LogP) is -1.62. The van der Waals surface area contributed by atoms with E-state index in [-0.39, 0.29) is 42.1 Å². The summed E-state index contributed by atoms with van der Waals surface area (Å²) >= 11 is 0. The van der Waals surface area contributed by atoms with Crippen LogP contribution in [0.2, 0.25) is 0 Å². The molecular weight excluding hydrogens is 207 g/mol. The zero-order chi connectivity index (χ0) is 10.6. The molecule has 0 aliphatic rings. The minimum Gasteiger partial charge on any atom is -1.00 e. The number of rotatable bonds is 2. The van der Waals surface area contributed by atoms with Crippen LogP contribution in [0.5, 0.6) is 0 Å². The zero-order valence-corrected chi connectivity index (χ0v) is 10.9. The minimum absolute atomic E-state index is 0. The van der Waals surface area contributed by atoms with Gasteiger partial charge in [0.2, 0.25) is 0 Å². The quantitative estimate of drug-likeness (QED) is 0.442. The van der Waals surface area contributed by atoms with E-state index in [4.69, 9.17) is 0 Å². The Bertz CT molecular complexity index is 333. The van der Waals surface area contributed by atoms with Gasteiger partial charge in [-0.15, -0.1) is 0 Å². The molecule has 0 aromatic heterocycles. The number of esters is 2. The molecule has 1 aromatic carbocycles. The average Bonchev–Trinajstić information content (AvgIpc) is 2.27. The molecule has 0 saturated carbocycles. The summed E-state index contributed by atoms with van der Waals surface area (Å²) in [6.45, 7) is 0. The van der Waals surface area contributed by atoms with Crippen LogP contribution in [0.1, 0.15) is 22.1 Å². The fourth-order valence-corrected chi connectivity index (χ4v) is 1.06. The largest absolute Gasteiger partial charge is 1.00 e. The molecule has 0 radical (unpaired) electrons. The van der Waals surface area contributed by atoms with Gasteiger partial charge in [0, 0.05) is 0 Å². The molecular formula is C10H11NaO4. The maximum atomic E-state index is 11.2. The molecule has 1 aromatic rings. The SMILES string of the molecule is COC(=O)c1ccccc1C(=O)OC.[H-].[Na+]. The van der Waals surface area contributed by atoms with E-state index in [2.05, 4.69) is 9.47 Å². The molecule has 1 rings (SSSR count). The summed E-state index contributed by atoms with van der Waals surface area (Å²) in [5.41, 5.74) is 0.420. The number of benzene rings is 1. The molecule has 0 aliphatic carbocycles. The Morgan fingerprint density at radius 1 is 1.00 bits per heavy atom. The van der Waals surface area contributed by atoms with E-state index in [1.54, 1.807) is 12.1 Å². The molecule has 0 spiro atoms. The summed E-state index contributed by atoms with van der Waals surface area (Å²) in [4.78, 5) is 22.4. The second-order valence-corrected chi connectivity index (χ2v) is 2.53. The van der Waals surface area contributed by atoms with Crippen molar-refractivity contribution in [2.75, 3.05) is 14.2 Å². The van der Waals surface area contributed by atoms with Crippen LogP contribution < -0.4 is 29.6 Å². The van der Waals surface area contributed by atoms with Crippen LogP contribution in [0.3, 0.4) is 0 Å². The summed E-state index contributed by atoms with van der Waals surface area (Å²) in [5, 5.41) is 0. The van der Waals surface area contributed by atoms with Crippen molar-refractivity contribution in [1.82, 2.24) is 0 Å². The van der Waals surface area contributed by atoms with Crippen molar-refractivity contribution in [2.45, 2.75) is 0 Å². The van der Waals surface area contributed by atoms with Gasteiger partial charge in [0.1, 0.15) is 0 Å². The topological polar surface area (TPSA) is 52.6 Å². The Hall–Kier alpha value is -0.840. The number of hydrogen-bond donors (Lipinski definition) is 0. The number of carbonyl (C=O) groups is 2. The van der Waals surface area contributed by atoms with Crippen LogP contribution in [-0.4, -0.2) is 26.2 Å². The van der Waals surface area contributed by atoms with E-state index in [0.29, 0.717) is 0 Å². The Kier molecular flexibility index (Phi) is 6.24. The molecule has 5 heteroatoms. The van der Waals surface area contributed by atoms with E-state index < -0.39 is 11.9 Å². The van der Waals surface area contributed by atoms with Crippen molar-refractivity contribution in [1.29, 1.82) is 0 Å². The fourth-order valence-electron chi connectivity index (χ4n) is 1.06. The molecule has 0 heterocycles. The van der Waals surface area contributed by atoms with Crippen LogP contribution in [0.25, 0.3) is 0 Å². The predicted molar refractivity (Wildman–Crippen MR) is 50.2 cm³/mol. The van der Waals surface area contributed by atoms with Gasteiger partial charge in [-0.3, -0.25) is 0 Å². The minimum atomic E-state index is -0.550. The smallest absolute Gasteiger partial charge is 1.00 e. The summed E-state index contributed by atoms with van der Waals surface area (Å²) in [5.74, 6) is -1.10. The van der Waals surface area contributed by atoms with Gasteiger partial charge in [0.05, 0.1) is 25.3 Å². The van der Waals surface area contributed by atoms with E-state index in [9.17, 15) is 9.59 Å². The standard InChI is InChI=1S/C10H10O4.Na.H/c1-13-9(11)7-5-3-4-6-8(7)10(12)14-2;;/h3-6H,1-2H3;;/q;+1;-1. The normalized spacial score (nSPS) is 8.67. The summed E-state index contributed by atoms with van der Waals surface area (Å²) in [7, 11) is 2.52. The van der Waals surface area contributed by atoms with Gasteiger partial charge in [-0.2, -0.15) is 0 Å². The molecule has 0 atom stereocenters. The van der Waals surface area contributed by atoms with Crippen molar-refractivity contribution in [3.63, 3.8) is 0 Å². The first kappa shape index (κ1) is 14.2. The number of carbonyl (C=O) groups excluding carboxylic acids is 2. The second kappa shape index (κ2) is 6.61. The second-order valence-electron chi connectivity index (χ2n) is 2.53. The third-order valence-electron chi connectivity index (χ3n) is 1.74. The van der Waals surface area contributed by atoms with E-state index in [1.165, 1.54) is 26.4 Å². The monoisotopic (exact) mass is 218 g/mol. The number of ether oxygens (including phenoxy) is 2. The van der Waals surface area contributed by atoms with Crippen molar-refractivity contribution < 1.29 is 50.0 Å². The molecule has 4 nitrogen and oxygen atoms in total. The molecule has 15 heavy (non-hydrogen) atoms. The van der Waals surface area contributed by atoms with Gasteiger partial charge in [-0.1, -0.05) is 12.1 Å². The first-order chi connectivity index (χ1) is 6.70. The maximum absolute atomic E-state index is 11.2. The molecule has 0 N–H and O–H groups in total. The van der Waals surface area contributed by atoms with Crippen molar-refractivity contribution in [3.8, 4) is 0 Å². The molecule has 0 amide bonds. The molecule has 0 unspecified atom stereocenters. The van der Waals surface area contributed by atoms with Gasteiger partial charge < -0.3 is 10.9 Å². The van der Waals surface area contributed by atoms with Crippen LogP contribution in [-0.2, 0) is 9.47 Å². The van der Waals surface area contributed by atoms with Gasteiger partial charge in [-0.25, -0.2) is 9.59 Å². The molecule has 76 valence electrons. The van der Waals surface area contributed by atoms with Gasteiger partial charge in [0.15, 0.2) is 0 Å². The van der Waals surface area contributed by atoms with E-state index >= 15 is 0 Å². The summed E-state index contributed by atoms with van der Waals surface area (Å²) in [6, 6.07) is 6.33. The number of hydrogen-bond acceptors (Lipinski definition) is 4. The Balaban J connectivity index is 0. The van der Waals surface area contributed by atoms with Gasteiger partial charge in [-0.05, 0) is 12.1 Å². The summed E-state index contributed by atoms with van der Waals surface area (Å²) < 4.78 is 9.05. The van der Waals surface area contributed by atoms with Gasteiger partial charge >= 0.3 is 41.5 Å². The van der Waals surface area contributed by atoms with Crippen LogP contribution >= 0.6 is 0 Å². The number of methoxy groups -OCH3 is 2. The van der Waals surface area contributed by atoms with Gasteiger partial charge in [0.25, 0.3) is 0 Å². The molecule has 0 bridgehead atoms. The Morgan fingerprint density at radius 2 is 1.33 bits per heavy atom.